The Morgan fingerprint density at radius 2 is 1.86 bits per heavy atom. The largest absolute Gasteiger partial charge is 0.496 e. The van der Waals surface area contributed by atoms with Crippen molar-refractivity contribution >= 4 is 0 Å². The lowest BCUT2D eigenvalue weighted by Gasteiger charge is -2.26. The Hall–Kier alpha value is -2.70. The summed E-state index contributed by atoms with van der Waals surface area (Å²) in [5.41, 5.74) is 3.25. The van der Waals surface area contributed by atoms with E-state index in [0.717, 1.165) is 61.9 Å². The summed E-state index contributed by atoms with van der Waals surface area (Å²) < 4.78 is 27.3. The van der Waals surface area contributed by atoms with Gasteiger partial charge in [0.2, 0.25) is 0 Å². The van der Waals surface area contributed by atoms with Gasteiger partial charge in [0, 0.05) is 49.7 Å². The smallest absolute Gasteiger partial charge is 0.139 e. The topological polar surface area (TPSA) is 39.5 Å². The van der Waals surface area contributed by atoms with Crippen molar-refractivity contribution < 1.29 is 13.9 Å². The Morgan fingerprint density at radius 1 is 1.07 bits per heavy atom. The van der Waals surface area contributed by atoms with E-state index in [0.29, 0.717) is 11.3 Å². The number of benzene rings is 2. The Morgan fingerprint density at radius 3 is 2.62 bits per heavy atom. The number of ether oxygens (including phenoxy) is 2. The Bertz CT molecular complexity index is 980. The molecule has 3 aromatic rings. The number of morpholine rings is 1. The summed E-state index contributed by atoms with van der Waals surface area (Å²) in [5, 5.41) is 0. The molecule has 0 spiro atoms. The van der Waals surface area contributed by atoms with Gasteiger partial charge in [-0.15, -0.1) is 0 Å². The van der Waals surface area contributed by atoms with Crippen LogP contribution >= 0.6 is 0 Å². The van der Waals surface area contributed by atoms with Crippen LogP contribution in [0.4, 0.5) is 4.39 Å². The number of rotatable bonds is 6. The van der Waals surface area contributed by atoms with Crippen LogP contribution in [0.3, 0.4) is 0 Å². The molecule has 1 saturated heterocycles. The number of halogens is 1. The molecule has 2 aromatic carbocycles. The maximum absolute atomic E-state index is 14.1. The van der Waals surface area contributed by atoms with Crippen molar-refractivity contribution in [3.05, 3.63) is 60.2 Å². The van der Waals surface area contributed by atoms with Gasteiger partial charge < -0.3 is 14.0 Å². The van der Waals surface area contributed by atoms with Gasteiger partial charge in [0.1, 0.15) is 17.4 Å². The van der Waals surface area contributed by atoms with E-state index < -0.39 is 0 Å². The van der Waals surface area contributed by atoms with Crippen LogP contribution in [0, 0.1) is 12.7 Å². The van der Waals surface area contributed by atoms with E-state index in [1.54, 1.807) is 26.2 Å². The van der Waals surface area contributed by atoms with Crippen LogP contribution in [0.15, 0.2) is 48.8 Å². The van der Waals surface area contributed by atoms with Gasteiger partial charge >= 0.3 is 0 Å². The molecular formula is C23H26FN3O2. The third-order valence-electron chi connectivity index (χ3n) is 5.42. The minimum Gasteiger partial charge on any atom is -0.496 e. The Balaban J connectivity index is 1.62. The van der Waals surface area contributed by atoms with Gasteiger partial charge in [-0.3, -0.25) is 4.90 Å². The molecule has 0 saturated carbocycles. The summed E-state index contributed by atoms with van der Waals surface area (Å²) >= 11 is 0. The van der Waals surface area contributed by atoms with Crippen molar-refractivity contribution in [3.63, 3.8) is 0 Å². The molecule has 152 valence electrons. The fraction of sp³-hybridized carbons (Fsp3) is 0.348. The zero-order valence-electron chi connectivity index (χ0n) is 16.9. The number of hydrogen-bond acceptors (Lipinski definition) is 4. The van der Waals surface area contributed by atoms with Crippen LogP contribution in [0.2, 0.25) is 0 Å². The molecule has 4 rings (SSSR count). The first-order valence-corrected chi connectivity index (χ1v) is 9.92. The highest BCUT2D eigenvalue weighted by atomic mass is 19.1. The molecule has 1 aromatic heterocycles. The highest BCUT2D eigenvalue weighted by Crippen LogP contribution is 2.34. The van der Waals surface area contributed by atoms with E-state index >= 15 is 0 Å². The summed E-state index contributed by atoms with van der Waals surface area (Å²) in [6.45, 7) is 7.11. The van der Waals surface area contributed by atoms with E-state index in [-0.39, 0.29) is 5.82 Å². The summed E-state index contributed by atoms with van der Waals surface area (Å²) in [4.78, 5) is 6.98. The molecule has 0 amide bonds. The molecule has 1 fully saturated rings. The van der Waals surface area contributed by atoms with Crippen molar-refractivity contribution in [2.75, 3.05) is 40.0 Å². The maximum Gasteiger partial charge on any atom is 0.139 e. The van der Waals surface area contributed by atoms with Crippen molar-refractivity contribution in [2.45, 2.75) is 13.5 Å². The van der Waals surface area contributed by atoms with Crippen LogP contribution in [0.5, 0.6) is 5.75 Å². The molecule has 0 bridgehead atoms. The second-order valence-corrected chi connectivity index (χ2v) is 7.28. The Labute approximate surface area is 170 Å². The van der Waals surface area contributed by atoms with Crippen LogP contribution in [0.25, 0.3) is 22.5 Å². The first kappa shape index (κ1) is 19.6. The van der Waals surface area contributed by atoms with Gasteiger partial charge in [0.05, 0.1) is 20.3 Å². The average molecular weight is 395 g/mol. The Kier molecular flexibility index (Phi) is 5.92. The number of imidazole rings is 1. The summed E-state index contributed by atoms with van der Waals surface area (Å²) in [6, 6.07) is 11.2. The highest BCUT2D eigenvalue weighted by Gasteiger charge is 2.14. The van der Waals surface area contributed by atoms with Crippen molar-refractivity contribution in [1.82, 2.24) is 14.5 Å². The second kappa shape index (κ2) is 8.76. The summed E-state index contributed by atoms with van der Waals surface area (Å²) in [6.07, 6.45) is 3.83. The quantitative estimate of drug-likeness (QED) is 0.632. The van der Waals surface area contributed by atoms with Gasteiger partial charge in [-0.2, -0.15) is 0 Å². The van der Waals surface area contributed by atoms with E-state index in [2.05, 4.69) is 14.5 Å². The van der Waals surface area contributed by atoms with Gasteiger partial charge in [-0.25, -0.2) is 9.37 Å². The van der Waals surface area contributed by atoms with Gasteiger partial charge in [0.15, 0.2) is 0 Å². The van der Waals surface area contributed by atoms with E-state index in [1.165, 1.54) is 0 Å². The third kappa shape index (κ3) is 4.33. The number of hydrogen-bond donors (Lipinski definition) is 0. The molecule has 0 aliphatic carbocycles. The predicted octanol–water partition coefficient (Wildman–Crippen LogP) is 4.01. The standard InChI is InChI=1S/C23H26FN3O2/c1-17-3-4-18(16-21(17)24)20-15-19(5-6-22(20)28-2)23-25-7-8-27(23)10-9-26-11-13-29-14-12-26/h3-8,15-16H,9-14H2,1-2H3. The van der Waals surface area contributed by atoms with Crippen molar-refractivity contribution in [3.8, 4) is 28.3 Å². The van der Waals surface area contributed by atoms with Crippen LogP contribution in [0.1, 0.15) is 5.56 Å². The number of nitrogens with zero attached hydrogens (tertiary/aromatic N) is 3. The van der Waals surface area contributed by atoms with E-state index in [4.69, 9.17) is 9.47 Å². The minimum absolute atomic E-state index is 0.220. The molecule has 6 heteroatoms. The lowest BCUT2D eigenvalue weighted by atomic mass is 10.00. The zero-order valence-corrected chi connectivity index (χ0v) is 16.9. The molecule has 5 nitrogen and oxygen atoms in total. The van der Waals surface area contributed by atoms with Crippen LogP contribution in [-0.2, 0) is 11.3 Å². The molecular weight excluding hydrogens is 369 g/mol. The first-order valence-electron chi connectivity index (χ1n) is 9.92. The zero-order chi connectivity index (χ0) is 20.2. The SMILES string of the molecule is COc1ccc(-c2nccn2CCN2CCOCC2)cc1-c1ccc(C)c(F)c1. The molecule has 0 unspecified atom stereocenters. The number of aromatic nitrogens is 2. The van der Waals surface area contributed by atoms with Crippen LogP contribution < -0.4 is 4.74 Å². The van der Waals surface area contributed by atoms with Crippen molar-refractivity contribution in [2.24, 2.45) is 0 Å². The number of aryl methyl sites for hydroxylation is 1. The normalized spacial score (nSPS) is 14.9. The molecule has 29 heavy (non-hydrogen) atoms. The lowest BCUT2D eigenvalue weighted by molar-refractivity contribution is 0.0364. The van der Waals surface area contributed by atoms with Gasteiger partial charge in [0.25, 0.3) is 0 Å². The molecule has 2 heterocycles. The monoisotopic (exact) mass is 395 g/mol. The molecule has 0 atom stereocenters. The highest BCUT2D eigenvalue weighted by molar-refractivity contribution is 5.76. The van der Waals surface area contributed by atoms with Crippen LogP contribution in [-0.4, -0.2) is 54.4 Å². The number of methoxy groups -OCH3 is 1. The maximum atomic E-state index is 14.1. The summed E-state index contributed by atoms with van der Waals surface area (Å²) in [7, 11) is 1.63. The summed E-state index contributed by atoms with van der Waals surface area (Å²) in [5.74, 6) is 1.39. The van der Waals surface area contributed by atoms with Crippen molar-refractivity contribution in [1.29, 1.82) is 0 Å². The lowest BCUT2D eigenvalue weighted by Crippen LogP contribution is -2.38. The van der Waals surface area contributed by atoms with Gasteiger partial charge in [-0.05, 0) is 42.3 Å². The van der Waals surface area contributed by atoms with E-state index in [9.17, 15) is 4.39 Å². The average Bonchev–Trinajstić information content (AvgIpc) is 3.23. The third-order valence-corrected chi connectivity index (χ3v) is 5.42. The molecule has 1 aliphatic heterocycles. The predicted molar refractivity (Wildman–Crippen MR) is 112 cm³/mol. The fourth-order valence-electron chi connectivity index (χ4n) is 3.66. The first-order chi connectivity index (χ1) is 14.2. The van der Waals surface area contributed by atoms with E-state index in [1.807, 2.05) is 36.7 Å². The molecule has 0 radical (unpaired) electrons. The second-order valence-electron chi connectivity index (χ2n) is 7.28. The molecule has 1 aliphatic rings. The van der Waals surface area contributed by atoms with Gasteiger partial charge in [-0.1, -0.05) is 12.1 Å². The fourth-order valence-corrected chi connectivity index (χ4v) is 3.66. The molecule has 0 N–H and O–H groups in total. The minimum atomic E-state index is -0.220.